The third kappa shape index (κ3) is 3.14. The van der Waals surface area contributed by atoms with Crippen LogP contribution in [0.1, 0.15) is 18.1 Å². The van der Waals surface area contributed by atoms with E-state index in [1.165, 1.54) is 16.7 Å². The molecule has 0 fully saturated rings. The van der Waals surface area contributed by atoms with Gasteiger partial charge in [-0.15, -0.1) is 0 Å². The Hall–Kier alpha value is 0.254. The summed E-state index contributed by atoms with van der Waals surface area (Å²) >= 11 is -0.556. The third-order valence-corrected chi connectivity index (χ3v) is 2.07. The normalized spacial score (nSPS) is 12.4. The molecule has 0 radical (unpaired) electrons. The van der Waals surface area contributed by atoms with Gasteiger partial charge in [-0.3, -0.25) is 0 Å². The van der Waals surface area contributed by atoms with Crippen molar-refractivity contribution in [1.82, 2.24) is 0 Å². The molecule has 0 nitrogen and oxygen atoms in total. The van der Waals surface area contributed by atoms with Gasteiger partial charge in [-0.1, -0.05) is 30.3 Å². The van der Waals surface area contributed by atoms with E-state index in [9.17, 15) is 0 Å². The first-order valence-corrected chi connectivity index (χ1v) is 8.30. The van der Waals surface area contributed by atoms with Gasteiger partial charge >= 0.3 is 35.6 Å². The Morgan fingerprint density at radius 2 is 1.85 bits per heavy atom. The summed E-state index contributed by atoms with van der Waals surface area (Å²) in [6, 6.07) is 8.59. The number of benzene rings is 1. The number of hydrogen-bond acceptors (Lipinski definition) is 0. The van der Waals surface area contributed by atoms with Crippen LogP contribution < -0.4 is 0 Å². The number of allylic oxidation sites excluding steroid dienone is 2. The minimum absolute atomic E-state index is 0.556. The summed E-state index contributed by atoms with van der Waals surface area (Å²) in [5.41, 5.74) is 4.33. The second-order valence-electron chi connectivity index (χ2n) is 2.82. The quantitative estimate of drug-likeness (QED) is 0.609. The van der Waals surface area contributed by atoms with E-state index in [-0.39, 0.29) is 0 Å². The van der Waals surface area contributed by atoms with E-state index in [1.807, 2.05) is 0 Å². The Kier molecular flexibility index (Phi) is 5.12. The number of rotatable bonds is 0. The summed E-state index contributed by atoms with van der Waals surface area (Å²) in [5, 5.41) is 0. The molecule has 1 aromatic rings. The first-order chi connectivity index (χ1) is 6.29. The summed E-state index contributed by atoms with van der Waals surface area (Å²) < 4.78 is 0. The molecular formula is C10H10Cl2Ti. The van der Waals surface area contributed by atoms with Crippen molar-refractivity contribution >= 4 is 24.2 Å². The Labute approximate surface area is 95.6 Å². The molecular weight excluding hydrogens is 239 g/mol. The van der Waals surface area contributed by atoms with Gasteiger partial charge in [0.1, 0.15) is 0 Å². The molecule has 0 saturated heterocycles. The van der Waals surface area contributed by atoms with Crippen molar-refractivity contribution in [3.63, 3.8) is 0 Å². The van der Waals surface area contributed by atoms with Gasteiger partial charge in [0.2, 0.25) is 0 Å². The summed E-state index contributed by atoms with van der Waals surface area (Å²) in [6.45, 7) is 2.17. The molecule has 0 aliphatic heterocycles. The average molecular weight is 249 g/mol. The third-order valence-electron chi connectivity index (χ3n) is 2.07. The zero-order valence-electron chi connectivity index (χ0n) is 7.35. The summed E-state index contributed by atoms with van der Waals surface area (Å²) in [7, 11) is 9.78. The van der Waals surface area contributed by atoms with Gasteiger partial charge in [-0.05, 0) is 30.0 Å². The predicted octanol–water partition coefficient (Wildman–Crippen LogP) is 4.02. The SMILES string of the molecule is CC1=CCc2ccccc21.[Cl][Ti][Cl]. The maximum absolute atomic E-state index is 4.89. The fourth-order valence-corrected chi connectivity index (χ4v) is 1.46. The molecule has 0 atom stereocenters. The Bertz CT molecular complexity index is 308. The maximum atomic E-state index is 4.89. The van der Waals surface area contributed by atoms with Gasteiger partial charge in [0.15, 0.2) is 0 Å². The molecule has 0 unspecified atom stereocenters. The molecule has 0 spiro atoms. The number of fused-ring (bicyclic) bond motifs is 1. The van der Waals surface area contributed by atoms with Gasteiger partial charge in [-0.2, -0.15) is 0 Å². The van der Waals surface area contributed by atoms with Crippen molar-refractivity contribution in [1.29, 1.82) is 0 Å². The molecule has 68 valence electrons. The fraction of sp³-hybridized carbons (Fsp3) is 0.200. The summed E-state index contributed by atoms with van der Waals surface area (Å²) in [4.78, 5) is 0. The van der Waals surface area contributed by atoms with Crippen LogP contribution in [0, 0.1) is 0 Å². The van der Waals surface area contributed by atoms with E-state index in [2.05, 4.69) is 37.3 Å². The molecule has 1 aliphatic rings. The van der Waals surface area contributed by atoms with Crippen LogP contribution in [0.4, 0.5) is 0 Å². The first-order valence-electron chi connectivity index (χ1n) is 4.01. The summed E-state index contributed by atoms with van der Waals surface area (Å²) in [6.07, 6.45) is 3.41. The second kappa shape index (κ2) is 5.87. The molecule has 2 rings (SSSR count). The van der Waals surface area contributed by atoms with Crippen LogP contribution in [0.2, 0.25) is 0 Å². The van der Waals surface area contributed by atoms with Gasteiger partial charge in [0.05, 0.1) is 0 Å². The van der Waals surface area contributed by atoms with Crippen LogP contribution in [0.3, 0.4) is 0 Å². The Morgan fingerprint density at radius 1 is 1.23 bits per heavy atom. The van der Waals surface area contributed by atoms with Crippen molar-refractivity contribution in [2.75, 3.05) is 0 Å². The van der Waals surface area contributed by atoms with E-state index in [1.54, 1.807) is 0 Å². The van der Waals surface area contributed by atoms with Crippen molar-refractivity contribution in [2.45, 2.75) is 13.3 Å². The minimum atomic E-state index is -0.556. The van der Waals surface area contributed by atoms with E-state index in [0.29, 0.717) is 0 Å². The van der Waals surface area contributed by atoms with Crippen LogP contribution in [0.5, 0.6) is 0 Å². The molecule has 0 heterocycles. The summed E-state index contributed by atoms with van der Waals surface area (Å²) in [5.74, 6) is 0. The van der Waals surface area contributed by atoms with Crippen LogP contribution in [-0.4, -0.2) is 0 Å². The zero-order valence-corrected chi connectivity index (χ0v) is 10.4. The van der Waals surface area contributed by atoms with Crippen molar-refractivity contribution in [2.24, 2.45) is 0 Å². The number of hydrogen-bond donors (Lipinski definition) is 0. The molecule has 1 aromatic carbocycles. The van der Waals surface area contributed by atoms with Crippen molar-refractivity contribution in [3.8, 4) is 0 Å². The number of halogens is 2. The van der Waals surface area contributed by atoms with Crippen LogP contribution >= 0.6 is 18.6 Å². The second-order valence-corrected chi connectivity index (χ2v) is 5.40. The molecule has 0 amide bonds. The Balaban J connectivity index is 0.000000251. The molecule has 0 aromatic heterocycles. The Morgan fingerprint density at radius 3 is 2.46 bits per heavy atom. The predicted molar refractivity (Wildman–Crippen MR) is 55.5 cm³/mol. The van der Waals surface area contributed by atoms with Crippen LogP contribution in [0.25, 0.3) is 5.57 Å². The first kappa shape index (κ1) is 11.3. The topological polar surface area (TPSA) is 0 Å². The van der Waals surface area contributed by atoms with Crippen LogP contribution in [0.15, 0.2) is 30.3 Å². The molecule has 0 N–H and O–H groups in total. The van der Waals surface area contributed by atoms with Crippen molar-refractivity contribution < 1.29 is 17.0 Å². The molecule has 1 aliphatic carbocycles. The van der Waals surface area contributed by atoms with Gasteiger partial charge in [-0.25, -0.2) is 0 Å². The zero-order chi connectivity index (χ0) is 9.68. The van der Waals surface area contributed by atoms with Gasteiger partial charge in [0, 0.05) is 0 Å². The van der Waals surface area contributed by atoms with E-state index in [4.69, 9.17) is 18.6 Å². The van der Waals surface area contributed by atoms with E-state index < -0.39 is 17.0 Å². The molecule has 13 heavy (non-hydrogen) atoms. The van der Waals surface area contributed by atoms with Gasteiger partial charge < -0.3 is 0 Å². The van der Waals surface area contributed by atoms with Crippen LogP contribution in [-0.2, 0) is 23.5 Å². The standard InChI is InChI=1S/C10H10.2ClH.Ti/c1-8-6-7-9-4-2-3-5-10(8)9;;;/h2-6H,7H2,1H3;2*1H;/q;;;+2/p-2. The monoisotopic (exact) mass is 248 g/mol. The van der Waals surface area contributed by atoms with Gasteiger partial charge in [0.25, 0.3) is 0 Å². The van der Waals surface area contributed by atoms with E-state index >= 15 is 0 Å². The molecule has 0 saturated carbocycles. The fourth-order valence-electron chi connectivity index (χ4n) is 1.46. The van der Waals surface area contributed by atoms with Crippen molar-refractivity contribution in [3.05, 3.63) is 41.5 Å². The van der Waals surface area contributed by atoms with E-state index in [0.717, 1.165) is 6.42 Å². The molecule has 0 bridgehead atoms. The average Bonchev–Trinajstić information content (AvgIpc) is 2.50. The molecule has 3 heteroatoms.